The minimum absolute atomic E-state index is 0.0833. The van der Waals surface area contributed by atoms with Gasteiger partial charge in [-0.1, -0.05) is 17.7 Å². The number of benzene rings is 1. The van der Waals surface area contributed by atoms with Gasteiger partial charge in [-0.2, -0.15) is 0 Å². The van der Waals surface area contributed by atoms with Gasteiger partial charge in [-0.3, -0.25) is 14.4 Å². The lowest BCUT2D eigenvalue weighted by atomic mass is 10.0. The van der Waals surface area contributed by atoms with Gasteiger partial charge in [0.05, 0.1) is 12.1 Å². The number of pyridine rings is 1. The number of ether oxygens (including phenoxy) is 1. The van der Waals surface area contributed by atoms with Crippen LogP contribution in [0.2, 0.25) is 5.02 Å². The van der Waals surface area contributed by atoms with Crippen molar-refractivity contribution in [1.29, 1.82) is 0 Å². The highest BCUT2D eigenvalue weighted by molar-refractivity contribution is 6.30. The molecule has 0 unspecified atom stereocenters. The second-order valence-electron chi connectivity index (χ2n) is 8.22. The first kappa shape index (κ1) is 23.2. The lowest BCUT2D eigenvalue weighted by molar-refractivity contribution is 0.0330. The van der Waals surface area contributed by atoms with Crippen LogP contribution in [0.3, 0.4) is 0 Å². The Morgan fingerprint density at radius 2 is 2.03 bits per heavy atom. The molecule has 1 aromatic carbocycles. The number of nitrogens with zero attached hydrogens (tertiary/aromatic N) is 2. The van der Waals surface area contributed by atoms with E-state index in [0.29, 0.717) is 19.4 Å². The molecule has 11 heteroatoms. The highest BCUT2D eigenvalue weighted by atomic mass is 35.5. The van der Waals surface area contributed by atoms with Crippen molar-refractivity contribution >= 4 is 23.4 Å². The fraction of sp³-hybridized carbons (Fsp3) is 0.409. The van der Waals surface area contributed by atoms with E-state index < -0.39 is 51.3 Å². The summed E-state index contributed by atoms with van der Waals surface area (Å²) in [5.41, 5.74) is -1.72. The molecule has 0 saturated carbocycles. The van der Waals surface area contributed by atoms with Crippen LogP contribution >= 0.6 is 11.6 Å². The van der Waals surface area contributed by atoms with Crippen molar-refractivity contribution in [2.45, 2.75) is 44.5 Å². The summed E-state index contributed by atoms with van der Waals surface area (Å²) in [6.45, 7) is 1.82. The lowest BCUT2D eigenvalue weighted by Crippen LogP contribution is -2.49. The average molecular weight is 482 g/mol. The topological polar surface area (TPSA) is 101 Å². The molecule has 2 aliphatic rings. The molecule has 33 heavy (non-hydrogen) atoms. The molecular weight excluding hydrogens is 460 g/mol. The maximum atomic E-state index is 14.1. The van der Waals surface area contributed by atoms with E-state index in [-0.39, 0.29) is 29.9 Å². The molecule has 0 aliphatic carbocycles. The maximum Gasteiger partial charge on any atom is 0.274 e. The predicted octanol–water partition coefficient (Wildman–Crippen LogP) is 2.61. The number of carbonyl (C=O) groups excluding carboxylic acids is 2. The molecule has 176 valence electrons. The zero-order valence-corrected chi connectivity index (χ0v) is 18.7. The standard InChI is InChI=1S/C22H22ClF2N3O5/c1-10-3-6-15(33-2)14-9-27(10)22(32)18-20(30)19(29)12(8-28(14)18)21(31)26-7-11-4-5-13(24)16(23)17(11)25/h4-5,8,10,14-15,30H,3,6-7,9H2,1-2H3,(H,26,31)/t10-,14+,15-/m0/s1. The SMILES string of the molecule is CO[C@H]1CC[C@H](C)N2C[C@H]1n1cc(C(=O)NCc3ccc(F)c(Cl)c3F)c(=O)c(O)c1C2=O. The third-order valence-corrected chi connectivity index (χ3v) is 6.69. The first-order chi connectivity index (χ1) is 15.6. The Balaban J connectivity index is 1.71. The van der Waals surface area contributed by atoms with E-state index in [1.165, 1.54) is 10.8 Å². The molecule has 2 aromatic rings. The molecule has 2 amide bonds. The molecule has 3 atom stereocenters. The minimum atomic E-state index is -1.02. The van der Waals surface area contributed by atoms with Gasteiger partial charge in [-0.15, -0.1) is 0 Å². The summed E-state index contributed by atoms with van der Waals surface area (Å²) in [5, 5.41) is 12.3. The fourth-order valence-corrected chi connectivity index (χ4v) is 4.63. The van der Waals surface area contributed by atoms with E-state index in [2.05, 4.69) is 5.32 Å². The van der Waals surface area contributed by atoms with Crippen molar-refractivity contribution in [3.63, 3.8) is 0 Å². The monoisotopic (exact) mass is 481 g/mol. The molecule has 2 N–H and O–H groups in total. The number of aromatic hydroxyl groups is 1. The molecule has 2 aliphatic heterocycles. The van der Waals surface area contributed by atoms with Crippen LogP contribution in [0.1, 0.15) is 52.2 Å². The van der Waals surface area contributed by atoms with Gasteiger partial charge in [0.1, 0.15) is 22.2 Å². The van der Waals surface area contributed by atoms with Crippen LogP contribution in [0.25, 0.3) is 0 Å². The number of aromatic nitrogens is 1. The summed E-state index contributed by atoms with van der Waals surface area (Å²) in [6, 6.07) is 1.56. The number of nitrogens with one attached hydrogen (secondary N) is 1. The van der Waals surface area contributed by atoms with Crippen LogP contribution in [0, 0.1) is 11.6 Å². The Morgan fingerprint density at radius 1 is 1.30 bits per heavy atom. The molecule has 2 bridgehead atoms. The lowest BCUT2D eigenvalue weighted by Gasteiger charge is -2.38. The first-order valence-electron chi connectivity index (χ1n) is 10.4. The van der Waals surface area contributed by atoms with Gasteiger partial charge < -0.3 is 24.6 Å². The molecule has 1 saturated heterocycles. The molecular formula is C22H22ClF2N3O5. The molecule has 3 heterocycles. The number of hydrogen-bond acceptors (Lipinski definition) is 5. The zero-order chi connectivity index (χ0) is 24.0. The van der Waals surface area contributed by atoms with Gasteiger partial charge in [-0.25, -0.2) is 8.78 Å². The molecule has 1 fully saturated rings. The van der Waals surface area contributed by atoms with Crippen molar-refractivity contribution in [3.8, 4) is 5.75 Å². The second kappa shape index (κ2) is 8.75. The van der Waals surface area contributed by atoms with E-state index >= 15 is 0 Å². The molecule has 1 aromatic heterocycles. The Kier molecular flexibility index (Phi) is 6.15. The first-order valence-corrected chi connectivity index (χ1v) is 10.8. The van der Waals surface area contributed by atoms with Crippen molar-refractivity contribution in [3.05, 3.63) is 62.0 Å². The predicted molar refractivity (Wildman–Crippen MR) is 114 cm³/mol. The molecule has 4 rings (SSSR count). The van der Waals surface area contributed by atoms with Crippen LogP contribution < -0.4 is 10.7 Å². The Morgan fingerprint density at radius 3 is 2.73 bits per heavy atom. The number of carbonyl (C=O) groups is 2. The summed E-state index contributed by atoms with van der Waals surface area (Å²) in [7, 11) is 1.54. The molecule has 8 nitrogen and oxygen atoms in total. The number of methoxy groups -OCH3 is 1. The highest BCUT2D eigenvalue weighted by Gasteiger charge is 2.42. The van der Waals surface area contributed by atoms with E-state index in [0.717, 1.165) is 12.1 Å². The van der Waals surface area contributed by atoms with Crippen molar-refractivity contribution in [2.24, 2.45) is 0 Å². The van der Waals surface area contributed by atoms with Crippen LogP contribution in [-0.4, -0.2) is 52.2 Å². The van der Waals surface area contributed by atoms with Gasteiger partial charge in [0.2, 0.25) is 5.43 Å². The zero-order valence-electron chi connectivity index (χ0n) is 17.9. The number of halogens is 3. The van der Waals surface area contributed by atoms with E-state index in [1.54, 1.807) is 12.0 Å². The van der Waals surface area contributed by atoms with E-state index in [4.69, 9.17) is 16.3 Å². The maximum absolute atomic E-state index is 14.1. The van der Waals surface area contributed by atoms with Crippen LogP contribution in [0.5, 0.6) is 5.75 Å². The van der Waals surface area contributed by atoms with Crippen molar-refractivity contribution < 1.29 is 28.2 Å². The summed E-state index contributed by atoms with van der Waals surface area (Å²) in [6.07, 6.45) is 2.24. The van der Waals surface area contributed by atoms with Gasteiger partial charge in [0.25, 0.3) is 11.8 Å². The Labute approximate surface area is 192 Å². The number of hydrogen-bond donors (Lipinski definition) is 2. The summed E-state index contributed by atoms with van der Waals surface area (Å²) >= 11 is 5.56. The van der Waals surface area contributed by atoms with Crippen LogP contribution in [0.4, 0.5) is 8.78 Å². The summed E-state index contributed by atoms with van der Waals surface area (Å²) in [4.78, 5) is 40.2. The Hall–Kier alpha value is -2.98. The van der Waals surface area contributed by atoms with E-state index in [1.807, 2.05) is 6.92 Å². The number of rotatable bonds is 4. The summed E-state index contributed by atoms with van der Waals surface area (Å²) in [5.74, 6) is -4.19. The van der Waals surface area contributed by atoms with Gasteiger partial charge in [0, 0.05) is 38.0 Å². The van der Waals surface area contributed by atoms with Crippen molar-refractivity contribution in [2.75, 3.05) is 13.7 Å². The normalized spacial score (nSPS) is 22.0. The minimum Gasteiger partial charge on any atom is -0.503 e. The Bertz CT molecular complexity index is 1200. The number of fused-ring (bicyclic) bond motifs is 4. The highest BCUT2D eigenvalue weighted by Crippen LogP contribution is 2.35. The smallest absolute Gasteiger partial charge is 0.274 e. The van der Waals surface area contributed by atoms with Gasteiger partial charge in [0.15, 0.2) is 11.4 Å². The third kappa shape index (κ3) is 3.87. The second-order valence-corrected chi connectivity index (χ2v) is 8.60. The third-order valence-electron chi connectivity index (χ3n) is 6.35. The quantitative estimate of drug-likeness (QED) is 0.654. The van der Waals surface area contributed by atoms with Crippen LogP contribution in [-0.2, 0) is 11.3 Å². The fourth-order valence-electron chi connectivity index (χ4n) is 4.44. The number of amides is 2. The van der Waals surface area contributed by atoms with Gasteiger partial charge in [-0.05, 0) is 25.8 Å². The largest absolute Gasteiger partial charge is 0.503 e. The molecule has 0 spiro atoms. The van der Waals surface area contributed by atoms with Gasteiger partial charge >= 0.3 is 0 Å². The summed E-state index contributed by atoms with van der Waals surface area (Å²) < 4.78 is 34.5. The van der Waals surface area contributed by atoms with Crippen LogP contribution in [0.15, 0.2) is 23.1 Å². The average Bonchev–Trinajstić information content (AvgIpc) is 2.94. The van der Waals surface area contributed by atoms with Crippen molar-refractivity contribution in [1.82, 2.24) is 14.8 Å². The molecule has 0 radical (unpaired) electrons. The van der Waals surface area contributed by atoms with E-state index in [9.17, 15) is 28.3 Å².